The van der Waals surface area contributed by atoms with Gasteiger partial charge in [-0.05, 0) is 63.2 Å². The Labute approximate surface area is 133 Å². The molecule has 0 amide bonds. The van der Waals surface area contributed by atoms with Gasteiger partial charge in [0.1, 0.15) is 0 Å². The predicted octanol–water partition coefficient (Wildman–Crippen LogP) is 5.23. The lowest BCUT2D eigenvalue weighted by atomic mass is 9.89. The van der Waals surface area contributed by atoms with Gasteiger partial charge in [0.25, 0.3) is 0 Å². The first-order chi connectivity index (χ1) is 9.22. The van der Waals surface area contributed by atoms with Crippen LogP contribution in [0.4, 0.5) is 0 Å². The Balaban J connectivity index is 2.22. The highest BCUT2D eigenvalue weighted by atomic mass is 79.9. The molecule has 1 heterocycles. The van der Waals surface area contributed by atoms with Crippen LogP contribution in [0, 0.1) is 5.92 Å². The van der Waals surface area contributed by atoms with Crippen LogP contribution < -0.4 is 5.32 Å². The Hall–Kier alpha value is 0.0700. The number of nitrogens with zero attached hydrogens (tertiary/aromatic N) is 1. The van der Waals surface area contributed by atoms with Crippen LogP contribution in [0.15, 0.2) is 21.2 Å². The van der Waals surface area contributed by atoms with Crippen LogP contribution in [0.1, 0.15) is 57.2 Å². The molecule has 1 atom stereocenters. The average Bonchev–Trinajstić information content (AvgIpc) is 2.65. The zero-order valence-electron chi connectivity index (χ0n) is 11.5. The Bertz CT molecular complexity index is 401. The van der Waals surface area contributed by atoms with E-state index < -0.39 is 0 Å². The highest BCUT2D eigenvalue weighted by Crippen LogP contribution is 2.36. The molecule has 0 spiro atoms. The maximum absolute atomic E-state index is 4.65. The number of aromatic nitrogens is 1. The first-order valence-electron chi connectivity index (χ1n) is 7.26. The summed E-state index contributed by atoms with van der Waals surface area (Å²) < 4.78 is 2.14. The summed E-state index contributed by atoms with van der Waals surface area (Å²) in [5.41, 5.74) is 1.16. The number of pyridine rings is 1. The molecule has 1 saturated carbocycles. The van der Waals surface area contributed by atoms with Gasteiger partial charge in [0.2, 0.25) is 0 Å². The van der Waals surface area contributed by atoms with Gasteiger partial charge < -0.3 is 5.32 Å². The van der Waals surface area contributed by atoms with E-state index in [2.05, 4.69) is 55.2 Å². The largest absolute Gasteiger partial charge is 0.309 e. The highest BCUT2D eigenvalue weighted by molar-refractivity contribution is 9.11. The third-order valence-corrected chi connectivity index (χ3v) is 4.99. The topological polar surface area (TPSA) is 24.9 Å². The van der Waals surface area contributed by atoms with E-state index in [-0.39, 0.29) is 0 Å². The second kappa shape index (κ2) is 7.75. The van der Waals surface area contributed by atoms with E-state index >= 15 is 0 Å². The molecule has 2 nitrogen and oxygen atoms in total. The fourth-order valence-corrected chi connectivity index (χ4v) is 4.24. The molecular weight excluding hydrogens is 368 g/mol. The minimum Gasteiger partial charge on any atom is -0.309 e. The van der Waals surface area contributed by atoms with Crippen molar-refractivity contribution in [1.29, 1.82) is 0 Å². The minimum atomic E-state index is 0.380. The Morgan fingerprint density at radius 1 is 1.26 bits per heavy atom. The highest BCUT2D eigenvalue weighted by Gasteiger charge is 2.26. The quantitative estimate of drug-likeness (QED) is 0.713. The molecule has 0 bridgehead atoms. The third kappa shape index (κ3) is 4.27. The smallest absolute Gasteiger partial charge is 0.0718 e. The summed E-state index contributed by atoms with van der Waals surface area (Å²) in [6.07, 6.45) is 10.1. The van der Waals surface area contributed by atoms with E-state index in [4.69, 9.17) is 0 Å². The monoisotopic (exact) mass is 388 g/mol. The maximum atomic E-state index is 4.65. The molecule has 19 heavy (non-hydrogen) atoms. The normalized spacial score (nSPS) is 19.1. The van der Waals surface area contributed by atoms with E-state index in [1.54, 1.807) is 0 Å². The third-order valence-electron chi connectivity index (χ3n) is 3.93. The van der Waals surface area contributed by atoms with Crippen molar-refractivity contribution in [1.82, 2.24) is 10.3 Å². The first kappa shape index (κ1) is 15.5. The van der Waals surface area contributed by atoms with Crippen LogP contribution in [0.3, 0.4) is 0 Å². The lowest BCUT2D eigenvalue weighted by Crippen LogP contribution is -2.29. The van der Waals surface area contributed by atoms with Crippen LogP contribution in [0.25, 0.3) is 0 Å². The van der Waals surface area contributed by atoms with Gasteiger partial charge in [0.15, 0.2) is 0 Å². The van der Waals surface area contributed by atoms with Crippen LogP contribution in [-0.4, -0.2) is 11.5 Å². The second-order valence-electron chi connectivity index (χ2n) is 5.31. The van der Waals surface area contributed by atoms with E-state index in [1.165, 1.54) is 38.5 Å². The molecule has 0 aromatic carbocycles. The van der Waals surface area contributed by atoms with Gasteiger partial charge in [0, 0.05) is 15.1 Å². The van der Waals surface area contributed by atoms with Gasteiger partial charge in [0.05, 0.1) is 11.7 Å². The van der Waals surface area contributed by atoms with E-state index in [9.17, 15) is 0 Å². The zero-order valence-corrected chi connectivity index (χ0v) is 14.6. The lowest BCUT2D eigenvalue weighted by molar-refractivity contribution is 0.323. The van der Waals surface area contributed by atoms with Crippen molar-refractivity contribution in [2.24, 2.45) is 5.92 Å². The summed E-state index contributed by atoms with van der Waals surface area (Å²) in [4.78, 5) is 4.65. The molecule has 1 unspecified atom stereocenters. The Morgan fingerprint density at radius 2 is 1.95 bits per heavy atom. The molecule has 0 aliphatic heterocycles. The molecule has 4 heteroatoms. The van der Waals surface area contributed by atoms with Gasteiger partial charge in [-0.2, -0.15) is 0 Å². The number of halogens is 2. The molecule has 0 saturated heterocycles. The number of nitrogens with one attached hydrogen (secondary N) is 1. The number of hydrogen-bond acceptors (Lipinski definition) is 2. The fraction of sp³-hybridized carbons (Fsp3) is 0.667. The number of hydrogen-bond donors (Lipinski definition) is 1. The molecule has 0 radical (unpaired) electrons. The molecule has 1 aromatic rings. The number of rotatable bonds is 4. The maximum Gasteiger partial charge on any atom is 0.0718 e. The van der Waals surface area contributed by atoms with Gasteiger partial charge in [-0.25, -0.2) is 0 Å². The van der Waals surface area contributed by atoms with E-state index in [1.807, 2.05) is 6.20 Å². The zero-order chi connectivity index (χ0) is 13.7. The summed E-state index contributed by atoms with van der Waals surface area (Å²) in [6.45, 7) is 3.17. The van der Waals surface area contributed by atoms with Crippen molar-refractivity contribution in [3.63, 3.8) is 0 Å². The summed E-state index contributed by atoms with van der Waals surface area (Å²) >= 11 is 7.15. The summed E-state index contributed by atoms with van der Waals surface area (Å²) in [5, 5.41) is 3.65. The summed E-state index contributed by atoms with van der Waals surface area (Å²) in [6, 6.07) is 2.48. The summed E-state index contributed by atoms with van der Waals surface area (Å²) in [7, 11) is 0. The SMILES string of the molecule is CCNC(c1ncc(Br)cc1Br)C1CCCCCC1. The van der Waals surface area contributed by atoms with Crippen molar-refractivity contribution in [3.05, 3.63) is 26.9 Å². The van der Waals surface area contributed by atoms with Crippen molar-refractivity contribution in [2.75, 3.05) is 6.54 Å². The lowest BCUT2D eigenvalue weighted by Gasteiger charge is -2.27. The molecule has 1 aliphatic carbocycles. The van der Waals surface area contributed by atoms with E-state index in [0.717, 1.165) is 21.2 Å². The standard InChI is InChI=1S/C15H22Br2N2/c1-2-18-14(11-7-5-3-4-6-8-11)15-13(17)9-12(16)10-19-15/h9-11,14,18H,2-8H2,1H3. The average molecular weight is 390 g/mol. The van der Waals surface area contributed by atoms with Gasteiger partial charge in [-0.3, -0.25) is 4.98 Å². The van der Waals surface area contributed by atoms with Crippen LogP contribution in [0.5, 0.6) is 0 Å². The molecule has 2 rings (SSSR count). The first-order valence-corrected chi connectivity index (χ1v) is 8.85. The van der Waals surface area contributed by atoms with Gasteiger partial charge in [-0.15, -0.1) is 0 Å². The molecule has 106 valence electrons. The molecule has 1 aromatic heterocycles. The summed E-state index contributed by atoms with van der Waals surface area (Å²) in [5.74, 6) is 0.715. The molecular formula is C15H22Br2N2. The second-order valence-corrected chi connectivity index (χ2v) is 7.08. The van der Waals surface area contributed by atoms with Crippen molar-refractivity contribution in [2.45, 2.75) is 51.5 Å². The van der Waals surface area contributed by atoms with Crippen LogP contribution in [-0.2, 0) is 0 Å². The van der Waals surface area contributed by atoms with Crippen molar-refractivity contribution < 1.29 is 0 Å². The van der Waals surface area contributed by atoms with Gasteiger partial charge >= 0.3 is 0 Å². The van der Waals surface area contributed by atoms with Crippen LogP contribution in [0.2, 0.25) is 0 Å². The predicted molar refractivity (Wildman–Crippen MR) is 87.2 cm³/mol. The van der Waals surface area contributed by atoms with Gasteiger partial charge in [-0.1, -0.05) is 32.6 Å². The minimum absolute atomic E-state index is 0.380. The Kier molecular flexibility index (Phi) is 6.30. The van der Waals surface area contributed by atoms with Crippen molar-refractivity contribution in [3.8, 4) is 0 Å². The fourth-order valence-electron chi connectivity index (χ4n) is 3.00. The molecule has 1 aliphatic rings. The Morgan fingerprint density at radius 3 is 2.53 bits per heavy atom. The van der Waals surface area contributed by atoms with Crippen LogP contribution >= 0.6 is 31.9 Å². The molecule has 1 fully saturated rings. The van der Waals surface area contributed by atoms with E-state index in [0.29, 0.717) is 12.0 Å². The molecule has 1 N–H and O–H groups in total. The van der Waals surface area contributed by atoms with Crippen molar-refractivity contribution >= 4 is 31.9 Å².